The first-order valence-electron chi connectivity index (χ1n) is 11.5. The van der Waals surface area contributed by atoms with Crippen molar-refractivity contribution in [1.82, 2.24) is 9.62 Å². The van der Waals surface area contributed by atoms with Gasteiger partial charge in [0, 0.05) is 36.8 Å². The summed E-state index contributed by atoms with van der Waals surface area (Å²) in [6.45, 7) is 1.92. The number of likely N-dealkylation sites (N-methyl/N-ethyl adjacent to an activating group) is 1. The van der Waals surface area contributed by atoms with E-state index in [2.05, 4.69) is 5.32 Å². The summed E-state index contributed by atoms with van der Waals surface area (Å²) >= 11 is 0. The Kier molecular flexibility index (Phi) is 6.95. The molecule has 0 saturated heterocycles. The topological polar surface area (TPSA) is 96.0 Å². The van der Waals surface area contributed by atoms with E-state index in [0.29, 0.717) is 12.2 Å². The van der Waals surface area contributed by atoms with Gasteiger partial charge in [-0.15, -0.1) is 0 Å². The van der Waals surface area contributed by atoms with Gasteiger partial charge in [-0.25, -0.2) is 8.42 Å². The van der Waals surface area contributed by atoms with Crippen LogP contribution in [0.15, 0.2) is 47.4 Å². The molecule has 1 aliphatic heterocycles. The van der Waals surface area contributed by atoms with Gasteiger partial charge in [-0.05, 0) is 56.0 Å². The van der Waals surface area contributed by atoms with Gasteiger partial charge in [0.2, 0.25) is 21.8 Å². The van der Waals surface area contributed by atoms with Crippen molar-refractivity contribution in [1.29, 1.82) is 0 Å². The van der Waals surface area contributed by atoms with Crippen molar-refractivity contribution in [3.8, 4) is 5.75 Å². The van der Waals surface area contributed by atoms with Gasteiger partial charge in [-0.2, -0.15) is 4.31 Å². The molecular weight excluding hydrogens is 454 g/mol. The van der Waals surface area contributed by atoms with E-state index in [0.717, 1.165) is 40.4 Å². The van der Waals surface area contributed by atoms with Crippen LogP contribution in [0.25, 0.3) is 0 Å². The molecule has 0 unspecified atom stereocenters. The van der Waals surface area contributed by atoms with Crippen molar-refractivity contribution in [2.75, 3.05) is 25.6 Å². The summed E-state index contributed by atoms with van der Waals surface area (Å²) in [4.78, 5) is 27.3. The van der Waals surface area contributed by atoms with E-state index in [9.17, 15) is 18.0 Å². The van der Waals surface area contributed by atoms with Crippen LogP contribution in [0, 0.1) is 5.92 Å². The Hall–Kier alpha value is -2.91. The van der Waals surface area contributed by atoms with Crippen LogP contribution >= 0.6 is 0 Å². The SMILES string of the molecule is COc1ccccc1CNC(=O)CN(C)S(=O)(=O)c1ccc2c(c1)C[C@@H](C)N2C(=O)C1CCC1. The molecule has 182 valence electrons. The monoisotopic (exact) mass is 485 g/mol. The highest BCUT2D eigenvalue weighted by molar-refractivity contribution is 7.89. The zero-order valence-corrected chi connectivity index (χ0v) is 20.6. The number of hydrogen-bond donors (Lipinski definition) is 1. The number of ether oxygens (including phenoxy) is 1. The Bertz CT molecular complexity index is 1190. The van der Waals surface area contributed by atoms with Crippen LogP contribution in [0.2, 0.25) is 0 Å². The van der Waals surface area contributed by atoms with Gasteiger partial charge in [0.15, 0.2) is 0 Å². The van der Waals surface area contributed by atoms with Gasteiger partial charge < -0.3 is 15.0 Å². The summed E-state index contributed by atoms with van der Waals surface area (Å²) in [6.07, 6.45) is 3.54. The van der Waals surface area contributed by atoms with E-state index >= 15 is 0 Å². The standard InChI is InChI=1S/C25H31N3O5S/c1-17-13-20-14-21(11-12-22(20)28(17)25(30)18-8-6-9-18)34(31,32)27(2)16-24(29)26-15-19-7-4-5-10-23(19)33-3/h4-5,7,10-12,14,17-18H,6,8-9,13,15-16H2,1-3H3,(H,26,29)/t17-/m1/s1. The fourth-order valence-corrected chi connectivity index (χ4v) is 5.70. The number of sulfonamides is 1. The van der Waals surface area contributed by atoms with Crippen molar-refractivity contribution >= 4 is 27.5 Å². The number of benzene rings is 2. The highest BCUT2D eigenvalue weighted by Crippen LogP contribution is 2.38. The van der Waals surface area contributed by atoms with Crippen LogP contribution in [0.3, 0.4) is 0 Å². The summed E-state index contributed by atoms with van der Waals surface area (Å²) in [7, 11) is -0.927. The molecule has 1 heterocycles. The molecule has 0 bridgehead atoms. The molecule has 2 amide bonds. The van der Waals surface area contributed by atoms with Crippen molar-refractivity contribution in [2.24, 2.45) is 5.92 Å². The highest BCUT2D eigenvalue weighted by atomic mass is 32.2. The zero-order chi connectivity index (χ0) is 24.5. The van der Waals surface area contributed by atoms with Gasteiger partial charge in [-0.1, -0.05) is 24.6 Å². The molecule has 2 aliphatic rings. The first kappa shape index (κ1) is 24.2. The number of methoxy groups -OCH3 is 1. The molecule has 1 fully saturated rings. The lowest BCUT2D eigenvalue weighted by atomic mass is 9.84. The molecule has 1 saturated carbocycles. The van der Waals surface area contributed by atoms with Crippen molar-refractivity contribution in [2.45, 2.75) is 50.1 Å². The predicted molar refractivity (Wildman–Crippen MR) is 129 cm³/mol. The zero-order valence-electron chi connectivity index (χ0n) is 19.8. The molecule has 2 aromatic carbocycles. The average Bonchev–Trinajstić information content (AvgIpc) is 3.11. The van der Waals surface area contributed by atoms with E-state index in [1.807, 2.05) is 30.0 Å². The lowest BCUT2D eigenvalue weighted by molar-refractivity contribution is -0.125. The predicted octanol–water partition coefficient (Wildman–Crippen LogP) is 2.71. The van der Waals surface area contributed by atoms with Gasteiger partial charge >= 0.3 is 0 Å². The third-order valence-corrected chi connectivity index (χ3v) is 8.50. The fraction of sp³-hybridized carbons (Fsp3) is 0.440. The normalized spacial score (nSPS) is 17.9. The van der Waals surface area contributed by atoms with Crippen LogP contribution < -0.4 is 15.0 Å². The first-order chi connectivity index (χ1) is 16.2. The summed E-state index contributed by atoms with van der Waals surface area (Å²) in [5, 5.41) is 2.75. The van der Waals surface area contributed by atoms with Crippen molar-refractivity contribution in [3.05, 3.63) is 53.6 Å². The second-order valence-electron chi connectivity index (χ2n) is 9.03. The quantitative estimate of drug-likeness (QED) is 0.620. The lowest BCUT2D eigenvalue weighted by Crippen LogP contribution is -2.42. The summed E-state index contributed by atoms with van der Waals surface area (Å²) in [5.74, 6) is 0.458. The van der Waals surface area contributed by atoms with Crippen LogP contribution in [-0.4, -0.2) is 51.3 Å². The van der Waals surface area contributed by atoms with Crippen molar-refractivity contribution < 1.29 is 22.7 Å². The van der Waals surface area contributed by atoms with E-state index in [-0.39, 0.29) is 35.9 Å². The number of anilines is 1. The fourth-order valence-electron chi connectivity index (χ4n) is 4.52. The molecule has 34 heavy (non-hydrogen) atoms. The van der Waals surface area contributed by atoms with Gasteiger partial charge in [0.25, 0.3) is 0 Å². The van der Waals surface area contributed by atoms with E-state index < -0.39 is 15.9 Å². The minimum Gasteiger partial charge on any atom is -0.496 e. The first-order valence-corrected chi connectivity index (χ1v) is 13.0. The molecule has 2 aromatic rings. The summed E-state index contributed by atoms with van der Waals surface area (Å²) in [5.41, 5.74) is 2.44. The molecule has 1 aliphatic carbocycles. The third-order valence-electron chi connectivity index (χ3n) is 6.70. The molecule has 0 aromatic heterocycles. The third kappa shape index (κ3) is 4.67. The largest absolute Gasteiger partial charge is 0.496 e. The molecule has 1 atom stereocenters. The number of amides is 2. The summed E-state index contributed by atoms with van der Waals surface area (Å²) < 4.78 is 32.6. The Morgan fingerprint density at radius 3 is 2.59 bits per heavy atom. The van der Waals surface area contributed by atoms with Gasteiger partial charge in [-0.3, -0.25) is 9.59 Å². The average molecular weight is 486 g/mol. The number of carbonyl (C=O) groups is 2. The van der Waals surface area contributed by atoms with E-state index in [4.69, 9.17) is 4.74 Å². The molecule has 8 nitrogen and oxygen atoms in total. The second-order valence-corrected chi connectivity index (χ2v) is 11.1. The maximum Gasteiger partial charge on any atom is 0.243 e. The van der Waals surface area contributed by atoms with Crippen LogP contribution in [0.1, 0.15) is 37.3 Å². The minimum atomic E-state index is -3.87. The van der Waals surface area contributed by atoms with E-state index in [1.165, 1.54) is 13.1 Å². The Morgan fingerprint density at radius 1 is 1.18 bits per heavy atom. The van der Waals surface area contributed by atoms with Crippen LogP contribution in [0.4, 0.5) is 5.69 Å². The van der Waals surface area contributed by atoms with Crippen LogP contribution in [0.5, 0.6) is 5.75 Å². The second kappa shape index (κ2) is 9.76. The maximum atomic E-state index is 13.1. The van der Waals surface area contributed by atoms with Gasteiger partial charge in [0.1, 0.15) is 5.75 Å². The molecular formula is C25H31N3O5S. The number of rotatable bonds is 8. The Balaban J connectivity index is 1.43. The van der Waals surface area contributed by atoms with E-state index in [1.54, 1.807) is 25.3 Å². The lowest BCUT2D eigenvalue weighted by Gasteiger charge is -2.32. The minimum absolute atomic E-state index is 0.000426. The Labute approximate surface area is 200 Å². The smallest absolute Gasteiger partial charge is 0.243 e. The number of nitrogens with zero attached hydrogens (tertiary/aromatic N) is 2. The summed E-state index contributed by atoms with van der Waals surface area (Å²) in [6, 6.07) is 12.2. The number of fused-ring (bicyclic) bond motifs is 1. The molecule has 9 heteroatoms. The maximum absolute atomic E-state index is 13.1. The van der Waals surface area contributed by atoms with Crippen molar-refractivity contribution in [3.63, 3.8) is 0 Å². The van der Waals surface area contributed by atoms with Crippen LogP contribution in [-0.2, 0) is 32.6 Å². The highest BCUT2D eigenvalue weighted by Gasteiger charge is 2.37. The number of carbonyl (C=O) groups excluding carboxylic acids is 2. The number of para-hydroxylation sites is 1. The molecule has 0 radical (unpaired) electrons. The van der Waals surface area contributed by atoms with Gasteiger partial charge in [0.05, 0.1) is 18.6 Å². The Morgan fingerprint density at radius 2 is 1.91 bits per heavy atom. The molecule has 0 spiro atoms. The number of hydrogen-bond acceptors (Lipinski definition) is 5. The molecule has 1 N–H and O–H groups in total. The number of nitrogens with one attached hydrogen (secondary N) is 1. The molecule has 4 rings (SSSR count).